The van der Waals surface area contributed by atoms with Crippen LogP contribution in [0.15, 0.2) is 54.7 Å². The highest BCUT2D eigenvalue weighted by Crippen LogP contribution is 2.30. The quantitative estimate of drug-likeness (QED) is 0.710. The van der Waals surface area contributed by atoms with Crippen molar-refractivity contribution in [3.63, 3.8) is 0 Å². The van der Waals surface area contributed by atoms with Gasteiger partial charge in [0.1, 0.15) is 5.82 Å². The molecule has 1 aliphatic rings. The number of rotatable bonds is 4. The predicted molar refractivity (Wildman–Crippen MR) is 108 cm³/mol. The number of hydrogen-bond donors (Lipinski definition) is 1. The third-order valence-electron chi connectivity index (χ3n) is 5.62. The van der Waals surface area contributed by atoms with Gasteiger partial charge in [-0.05, 0) is 48.6 Å². The van der Waals surface area contributed by atoms with Gasteiger partial charge in [0.25, 0.3) is 5.91 Å². The van der Waals surface area contributed by atoms with Crippen molar-refractivity contribution < 1.29 is 9.18 Å². The largest absolute Gasteiger partial charge is 0.339 e. The maximum Gasteiger partial charge on any atom is 0.253 e. The molecule has 0 radical (unpaired) electrons. The molecule has 0 atom stereocenters. The first-order valence-electron chi connectivity index (χ1n) is 9.83. The molecular weight excluding hydrogens is 353 g/mol. The molecule has 0 saturated carbocycles. The van der Waals surface area contributed by atoms with Gasteiger partial charge in [-0.1, -0.05) is 37.3 Å². The Hall–Kier alpha value is -2.95. The minimum atomic E-state index is -0.279. The van der Waals surface area contributed by atoms with Crippen molar-refractivity contribution in [1.82, 2.24) is 15.1 Å². The molecule has 144 valence electrons. The number of nitrogens with zero attached hydrogens (tertiary/aromatic N) is 2. The Labute approximate surface area is 164 Å². The van der Waals surface area contributed by atoms with Crippen molar-refractivity contribution in [3.05, 3.63) is 77.4 Å². The Kier molecular flexibility index (Phi) is 5.24. The van der Waals surface area contributed by atoms with Crippen LogP contribution in [-0.4, -0.2) is 34.1 Å². The summed E-state index contributed by atoms with van der Waals surface area (Å²) in [4.78, 5) is 14.9. The second kappa shape index (κ2) is 7.97. The van der Waals surface area contributed by atoms with Crippen molar-refractivity contribution in [2.45, 2.75) is 32.1 Å². The Bertz CT molecular complexity index is 973. The Morgan fingerprint density at radius 2 is 1.96 bits per heavy atom. The number of likely N-dealkylation sites (tertiary alicyclic amines) is 1. The molecule has 5 heteroatoms. The van der Waals surface area contributed by atoms with Gasteiger partial charge in [0.2, 0.25) is 0 Å². The lowest BCUT2D eigenvalue weighted by Crippen LogP contribution is -2.38. The van der Waals surface area contributed by atoms with Crippen LogP contribution in [0.2, 0.25) is 0 Å². The number of carbonyl (C=O) groups is 1. The monoisotopic (exact) mass is 377 g/mol. The molecule has 0 aliphatic carbocycles. The maximum atomic E-state index is 14.1. The topological polar surface area (TPSA) is 49.0 Å². The second-order valence-corrected chi connectivity index (χ2v) is 7.29. The summed E-state index contributed by atoms with van der Waals surface area (Å²) in [5.41, 5.74) is 4.33. The number of piperidine rings is 1. The van der Waals surface area contributed by atoms with E-state index in [1.54, 1.807) is 24.3 Å². The number of carbonyl (C=O) groups excluding carboxylic acids is 1. The fourth-order valence-electron chi connectivity index (χ4n) is 4.03. The number of halogens is 1. The molecule has 0 bridgehead atoms. The highest BCUT2D eigenvalue weighted by atomic mass is 19.1. The Balaban J connectivity index is 1.47. The summed E-state index contributed by atoms with van der Waals surface area (Å²) in [6.45, 7) is 3.57. The third-order valence-corrected chi connectivity index (χ3v) is 5.62. The van der Waals surface area contributed by atoms with Crippen LogP contribution in [-0.2, 0) is 6.42 Å². The summed E-state index contributed by atoms with van der Waals surface area (Å²) >= 11 is 0. The van der Waals surface area contributed by atoms with Crippen LogP contribution in [0.4, 0.5) is 4.39 Å². The van der Waals surface area contributed by atoms with E-state index >= 15 is 0 Å². The standard InChI is InChI=1S/C23H24FN3O/c1-2-16-15-25-26-22(16)17-10-12-27(13-11-17)23(28)19-7-5-6-18(14-19)20-8-3-4-9-21(20)24/h3-9,14-15,17H,2,10-13H2,1H3,(H,25,26). The minimum absolute atomic E-state index is 0.0111. The van der Waals surface area contributed by atoms with E-state index < -0.39 is 0 Å². The van der Waals surface area contributed by atoms with Crippen molar-refractivity contribution in [1.29, 1.82) is 0 Å². The summed E-state index contributed by atoms with van der Waals surface area (Å²) in [5, 5.41) is 7.32. The Morgan fingerprint density at radius 3 is 2.71 bits per heavy atom. The zero-order chi connectivity index (χ0) is 19.5. The first-order chi connectivity index (χ1) is 13.7. The molecule has 1 saturated heterocycles. The lowest BCUT2D eigenvalue weighted by atomic mass is 9.90. The molecule has 1 N–H and O–H groups in total. The number of hydrogen-bond acceptors (Lipinski definition) is 2. The normalized spacial score (nSPS) is 15.0. The van der Waals surface area contributed by atoms with Gasteiger partial charge < -0.3 is 4.90 Å². The van der Waals surface area contributed by atoms with E-state index in [0.717, 1.165) is 37.9 Å². The summed E-state index contributed by atoms with van der Waals surface area (Å²) in [6.07, 6.45) is 4.72. The van der Waals surface area contributed by atoms with Crippen LogP contribution in [0, 0.1) is 5.82 Å². The molecular formula is C23H24FN3O. The summed E-state index contributed by atoms with van der Waals surface area (Å²) in [6, 6.07) is 13.9. The van der Waals surface area contributed by atoms with Crippen LogP contribution in [0.5, 0.6) is 0 Å². The molecule has 1 aliphatic heterocycles. The fourth-order valence-corrected chi connectivity index (χ4v) is 4.03. The molecule has 0 unspecified atom stereocenters. The zero-order valence-corrected chi connectivity index (χ0v) is 16.0. The SMILES string of the molecule is CCc1cn[nH]c1C1CCN(C(=O)c2cccc(-c3ccccc3F)c2)CC1. The predicted octanol–water partition coefficient (Wildman–Crippen LogP) is 4.80. The number of aromatic amines is 1. The number of aromatic nitrogens is 2. The van der Waals surface area contributed by atoms with Crippen molar-refractivity contribution in [2.24, 2.45) is 0 Å². The lowest BCUT2D eigenvalue weighted by molar-refractivity contribution is 0.0712. The molecule has 1 aromatic heterocycles. The second-order valence-electron chi connectivity index (χ2n) is 7.29. The van der Waals surface area contributed by atoms with Gasteiger partial charge in [0, 0.05) is 35.8 Å². The molecule has 4 rings (SSSR count). The van der Waals surface area contributed by atoms with Crippen molar-refractivity contribution in [3.8, 4) is 11.1 Å². The molecule has 2 aromatic carbocycles. The van der Waals surface area contributed by atoms with Crippen LogP contribution in [0.1, 0.15) is 47.3 Å². The first kappa shape index (κ1) is 18.4. The maximum absolute atomic E-state index is 14.1. The molecule has 4 nitrogen and oxygen atoms in total. The highest BCUT2D eigenvalue weighted by Gasteiger charge is 2.26. The van der Waals surface area contributed by atoms with Gasteiger partial charge in [-0.25, -0.2) is 4.39 Å². The molecule has 2 heterocycles. The highest BCUT2D eigenvalue weighted by molar-refractivity contribution is 5.95. The van der Waals surface area contributed by atoms with Gasteiger partial charge >= 0.3 is 0 Å². The van der Waals surface area contributed by atoms with Gasteiger partial charge in [-0.15, -0.1) is 0 Å². The smallest absolute Gasteiger partial charge is 0.253 e. The minimum Gasteiger partial charge on any atom is -0.339 e. The summed E-state index contributed by atoms with van der Waals surface area (Å²) < 4.78 is 14.1. The number of amides is 1. The van der Waals surface area contributed by atoms with Crippen LogP contribution >= 0.6 is 0 Å². The van der Waals surface area contributed by atoms with Crippen LogP contribution in [0.25, 0.3) is 11.1 Å². The van der Waals surface area contributed by atoms with Gasteiger partial charge in [0.05, 0.1) is 6.20 Å². The molecule has 1 amide bonds. The summed E-state index contributed by atoms with van der Waals surface area (Å²) in [5.74, 6) is 0.155. The van der Waals surface area contributed by atoms with E-state index in [1.807, 2.05) is 29.3 Å². The van der Waals surface area contributed by atoms with Crippen molar-refractivity contribution in [2.75, 3.05) is 13.1 Å². The number of benzene rings is 2. The Morgan fingerprint density at radius 1 is 1.18 bits per heavy atom. The first-order valence-corrected chi connectivity index (χ1v) is 9.83. The van der Waals surface area contributed by atoms with Gasteiger partial charge in [-0.2, -0.15) is 5.10 Å². The van der Waals surface area contributed by atoms with Gasteiger partial charge in [0.15, 0.2) is 0 Å². The van der Waals surface area contributed by atoms with E-state index in [9.17, 15) is 9.18 Å². The zero-order valence-electron chi connectivity index (χ0n) is 16.0. The van der Waals surface area contributed by atoms with E-state index in [2.05, 4.69) is 17.1 Å². The van der Waals surface area contributed by atoms with E-state index in [0.29, 0.717) is 17.0 Å². The number of H-pyrrole nitrogens is 1. The van der Waals surface area contributed by atoms with Crippen LogP contribution < -0.4 is 0 Å². The fraction of sp³-hybridized carbons (Fsp3) is 0.304. The van der Waals surface area contributed by atoms with E-state index in [1.165, 1.54) is 17.3 Å². The van der Waals surface area contributed by atoms with E-state index in [4.69, 9.17) is 0 Å². The molecule has 0 spiro atoms. The van der Waals surface area contributed by atoms with Gasteiger partial charge in [-0.3, -0.25) is 9.89 Å². The average Bonchev–Trinajstić information content (AvgIpc) is 3.23. The third kappa shape index (κ3) is 3.57. The van der Waals surface area contributed by atoms with Crippen LogP contribution in [0.3, 0.4) is 0 Å². The molecule has 3 aromatic rings. The lowest BCUT2D eigenvalue weighted by Gasteiger charge is -2.32. The van der Waals surface area contributed by atoms with E-state index in [-0.39, 0.29) is 11.7 Å². The number of aryl methyl sites for hydroxylation is 1. The average molecular weight is 377 g/mol. The molecule has 28 heavy (non-hydrogen) atoms. The summed E-state index contributed by atoms with van der Waals surface area (Å²) in [7, 11) is 0. The number of nitrogens with one attached hydrogen (secondary N) is 1. The molecule has 1 fully saturated rings. The van der Waals surface area contributed by atoms with Crippen molar-refractivity contribution >= 4 is 5.91 Å².